The normalized spacial score (nSPS) is 15.2. The van der Waals surface area contributed by atoms with Gasteiger partial charge in [0, 0.05) is 5.39 Å². The van der Waals surface area contributed by atoms with E-state index < -0.39 is 20.8 Å². The van der Waals surface area contributed by atoms with E-state index in [1.54, 1.807) is 30.3 Å². The minimum absolute atomic E-state index is 0.129. The van der Waals surface area contributed by atoms with Crippen molar-refractivity contribution in [3.05, 3.63) is 60.7 Å². The van der Waals surface area contributed by atoms with E-state index in [1.807, 2.05) is 0 Å². The molecule has 0 aliphatic rings. The van der Waals surface area contributed by atoms with E-state index in [4.69, 9.17) is 0 Å². The van der Waals surface area contributed by atoms with Gasteiger partial charge in [0.1, 0.15) is 16.3 Å². The molecule has 0 heterocycles. The van der Waals surface area contributed by atoms with Gasteiger partial charge in [-0.3, -0.25) is 0 Å². The van der Waals surface area contributed by atoms with Gasteiger partial charge in [0.05, 0.1) is 0 Å². The molecule has 1 N–H and O–H groups in total. The predicted molar refractivity (Wildman–Crippen MR) is 87.6 cm³/mol. The van der Waals surface area contributed by atoms with E-state index in [0.29, 0.717) is 10.8 Å². The highest BCUT2D eigenvalue weighted by Crippen LogP contribution is 3.03. The summed E-state index contributed by atoms with van der Waals surface area (Å²) in [5.74, 6) is -0.299. The Morgan fingerprint density at radius 1 is 0.680 bits per heavy atom. The second kappa shape index (κ2) is 4.92. The van der Waals surface area contributed by atoms with Crippen molar-refractivity contribution in [2.24, 2.45) is 10.2 Å². The van der Waals surface area contributed by atoms with Crippen LogP contribution in [0.25, 0.3) is 10.8 Å². The lowest BCUT2D eigenvalue weighted by Crippen LogP contribution is -2.05. The van der Waals surface area contributed by atoms with E-state index in [1.165, 1.54) is 6.07 Å². The molecule has 0 aliphatic carbocycles. The first-order valence-corrected chi connectivity index (χ1v) is 8.86. The Hall–Kier alpha value is -2.68. The quantitative estimate of drug-likeness (QED) is 0.372. The highest BCUT2D eigenvalue weighted by atomic mass is 32.5. The van der Waals surface area contributed by atoms with Crippen LogP contribution in [-0.4, -0.2) is 5.11 Å². The molecule has 0 radical (unpaired) electrons. The molecular weight excluding hydrogens is 363 g/mol. The molecule has 0 aromatic heterocycles. The number of fused-ring (bicyclic) bond motifs is 1. The van der Waals surface area contributed by atoms with Crippen LogP contribution in [0.5, 0.6) is 5.75 Å². The molecular formula is C16H11F5N2OS. The number of rotatable bonds is 3. The number of nitrogens with zero attached hydrogens (tertiary/aromatic N) is 2. The van der Waals surface area contributed by atoms with E-state index in [0.717, 1.165) is 18.2 Å². The summed E-state index contributed by atoms with van der Waals surface area (Å²) in [7, 11) is -9.91. The predicted octanol–water partition coefficient (Wildman–Crippen LogP) is 7.62. The van der Waals surface area contributed by atoms with Crippen LogP contribution in [0.1, 0.15) is 0 Å². The largest absolute Gasteiger partial charge is 0.505 e. The van der Waals surface area contributed by atoms with E-state index in [9.17, 15) is 24.5 Å². The van der Waals surface area contributed by atoms with Crippen LogP contribution in [0.4, 0.5) is 30.8 Å². The third-order valence-electron chi connectivity index (χ3n) is 3.43. The Balaban J connectivity index is 2.10. The fourth-order valence-electron chi connectivity index (χ4n) is 2.30. The first-order valence-electron chi connectivity index (χ1n) is 6.91. The molecule has 0 unspecified atom stereocenters. The molecule has 3 aromatic rings. The molecule has 0 spiro atoms. The number of hydrogen-bond donors (Lipinski definition) is 1. The third kappa shape index (κ3) is 3.55. The summed E-state index contributed by atoms with van der Waals surface area (Å²) in [4.78, 5) is -2.12. The molecule has 9 heteroatoms. The van der Waals surface area contributed by atoms with Gasteiger partial charge in [-0.25, -0.2) is 0 Å². The SMILES string of the molecule is Oc1c(/N=N/c2ccccc2S(F)(F)(F)(F)F)ccc2ccccc12. The minimum Gasteiger partial charge on any atom is -0.505 e. The number of halogens is 5. The zero-order valence-corrected chi connectivity index (χ0v) is 13.2. The Morgan fingerprint density at radius 3 is 2.00 bits per heavy atom. The van der Waals surface area contributed by atoms with Crippen molar-refractivity contribution >= 4 is 32.4 Å². The highest BCUT2D eigenvalue weighted by molar-refractivity contribution is 8.45. The van der Waals surface area contributed by atoms with Crippen LogP contribution in [-0.2, 0) is 0 Å². The van der Waals surface area contributed by atoms with Gasteiger partial charge in [-0.05, 0) is 23.6 Å². The molecule has 0 saturated carbocycles. The molecule has 0 atom stereocenters. The van der Waals surface area contributed by atoms with Gasteiger partial charge < -0.3 is 5.11 Å². The fourth-order valence-corrected chi connectivity index (χ4v) is 3.14. The Labute approximate surface area is 139 Å². The van der Waals surface area contributed by atoms with E-state index in [-0.39, 0.29) is 17.5 Å². The summed E-state index contributed by atoms with van der Waals surface area (Å²) in [6.07, 6.45) is 0. The second-order valence-electron chi connectivity index (χ2n) is 5.29. The van der Waals surface area contributed by atoms with Crippen molar-refractivity contribution < 1.29 is 24.5 Å². The molecule has 0 amide bonds. The average Bonchev–Trinajstić information content (AvgIpc) is 2.53. The van der Waals surface area contributed by atoms with Crippen LogP contribution in [0.3, 0.4) is 0 Å². The Kier molecular flexibility index (Phi) is 3.37. The molecule has 3 rings (SSSR count). The summed E-state index contributed by atoms with van der Waals surface area (Å²) in [6, 6.07) is 12.7. The standard InChI is InChI=1S/C16H11F5N2OS/c17-25(18,19,20,21)15-8-4-3-7-13(15)22-23-14-10-9-11-5-1-2-6-12(11)16(14)24/h1-10,24H/b23-22+. The highest BCUT2D eigenvalue weighted by Gasteiger charge is 2.66. The van der Waals surface area contributed by atoms with E-state index >= 15 is 0 Å². The topological polar surface area (TPSA) is 45.0 Å². The van der Waals surface area contributed by atoms with Crippen LogP contribution < -0.4 is 0 Å². The number of aromatic hydroxyl groups is 1. The maximum Gasteiger partial charge on any atom is 0.312 e. The average molecular weight is 374 g/mol. The van der Waals surface area contributed by atoms with Gasteiger partial charge in [0.15, 0.2) is 5.75 Å². The van der Waals surface area contributed by atoms with Crippen LogP contribution >= 0.6 is 10.2 Å². The van der Waals surface area contributed by atoms with Gasteiger partial charge in [0.25, 0.3) is 0 Å². The summed E-state index contributed by atoms with van der Waals surface area (Å²) < 4.78 is 65.4. The molecule has 3 aromatic carbocycles. The summed E-state index contributed by atoms with van der Waals surface area (Å²) in [6.45, 7) is 0. The number of hydrogen-bond acceptors (Lipinski definition) is 3. The van der Waals surface area contributed by atoms with Gasteiger partial charge in [-0.15, -0.1) is 10.2 Å². The maximum absolute atomic E-state index is 13.1. The smallest absolute Gasteiger partial charge is 0.312 e. The molecule has 0 aliphatic heterocycles. The van der Waals surface area contributed by atoms with Gasteiger partial charge in [-0.2, -0.15) is 0 Å². The molecule has 0 bridgehead atoms. The maximum atomic E-state index is 13.1. The number of benzene rings is 3. The van der Waals surface area contributed by atoms with Crippen molar-refractivity contribution in [1.29, 1.82) is 0 Å². The number of azo groups is 1. The minimum atomic E-state index is -9.91. The summed E-state index contributed by atoms with van der Waals surface area (Å²) in [5, 5.41) is 18.1. The molecule has 25 heavy (non-hydrogen) atoms. The third-order valence-corrected chi connectivity index (χ3v) is 4.60. The zero-order valence-electron chi connectivity index (χ0n) is 12.4. The van der Waals surface area contributed by atoms with Crippen molar-refractivity contribution in [2.45, 2.75) is 4.90 Å². The van der Waals surface area contributed by atoms with Gasteiger partial charge >= 0.3 is 10.2 Å². The zero-order chi connectivity index (χ0) is 18.4. The summed E-state index contributed by atoms with van der Waals surface area (Å²) in [5.41, 5.74) is -1.15. The fraction of sp³-hybridized carbons (Fsp3) is 0. The second-order valence-corrected chi connectivity index (χ2v) is 7.67. The van der Waals surface area contributed by atoms with Crippen molar-refractivity contribution in [3.8, 4) is 5.75 Å². The van der Waals surface area contributed by atoms with Crippen LogP contribution in [0.2, 0.25) is 0 Å². The molecule has 0 saturated heterocycles. The summed E-state index contributed by atoms with van der Waals surface area (Å²) >= 11 is 0. The van der Waals surface area contributed by atoms with Crippen molar-refractivity contribution in [1.82, 2.24) is 0 Å². The van der Waals surface area contributed by atoms with Crippen molar-refractivity contribution in [2.75, 3.05) is 0 Å². The first kappa shape index (κ1) is 17.2. The molecule has 3 nitrogen and oxygen atoms in total. The number of phenols is 1. The lowest BCUT2D eigenvalue weighted by Gasteiger charge is -2.40. The van der Waals surface area contributed by atoms with Gasteiger partial charge in [0.2, 0.25) is 0 Å². The monoisotopic (exact) mass is 374 g/mol. The van der Waals surface area contributed by atoms with Crippen LogP contribution in [0, 0.1) is 0 Å². The molecule has 0 fully saturated rings. The van der Waals surface area contributed by atoms with Gasteiger partial charge in [-0.1, -0.05) is 61.9 Å². The Bertz CT molecular complexity index is 1000. The molecule has 132 valence electrons. The Morgan fingerprint density at radius 2 is 1.28 bits per heavy atom. The lowest BCUT2D eigenvalue weighted by atomic mass is 10.1. The first-order chi connectivity index (χ1) is 11.5. The van der Waals surface area contributed by atoms with Crippen molar-refractivity contribution in [3.63, 3.8) is 0 Å². The lowest BCUT2D eigenvalue weighted by molar-refractivity contribution is 0.364. The van der Waals surface area contributed by atoms with Crippen LogP contribution in [0.15, 0.2) is 75.8 Å². The van der Waals surface area contributed by atoms with E-state index in [2.05, 4.69) is 10.2 Å². The number of phenolic OH excluding ortho intramolecular Hbond substituents is 1.